The van der Waals surface area contributed by atoms with E-state index in [1.807, 2.05) is 0 Å². The lowest BCUT2D eigenvalue weighted by Gasteiger charge is -2.16. The molecule has 1 fully saturated rings. The second kappa shape index (κ2) is 7.96. The monoisotopic (exact) mass is 413 g/mol. The number of hydrogen-bond donors (Lipinski definition) is 0. The van der Waals surface area contributed by atoms with Gasteiger partial charge >= 0.3 is 5.97 Å². The minimum Gasteiger partial charge on any atom is -0.457 e. The molecule has 0 aliphatic carbocycles. The van der Waals surface area contributed by atoms with E-state index in [1.54, 1.807) is 24.3 Å². The molecule has 0 atom stereocenters. The molecule has 1 aliphatic rings. The maximum Gasteiger partial charge on any atom is 0.340 e. The van der Waals surface area contributed by atoms with Crippen molar-refractivity contribution < 1.29 is 17.9 Å². The van der Waals surface area contributed by atoms with E-state index in [9.17, 15) is 13.2 Å². The van der Waals surface area contributed by atoms with E-state index in [2.05, 4.69) is 0 Å². The van der Waals surface area contributed by atoms with Crippen molar-refractivity contribution in [2.24, 2.45) is 0 Å². The summed E-state index contributed by atoms with van der Waals surface area (Å²) in [6.45, 7) is 0.984. The SMILES string of the molecule is O=C(OCc1cccc(Cl)c1)c1cc(S(=O)(=O)N2CCCC2)ccc1Cl. The third-order valence-electron chi connectivity index (χ3n) is 4.12. The van der Waals surface area contributed by atoms with Gasteiger partial charge in [-0.3, -0.25) is 0 Å². The highest BCUT2D eigenvalue weighted by atomic mass is 35.5. The molecule has 1 heterocycles. The molecule has 0 radical (unpaired) electrons. The lowest BCUT2D eigenvalue weighted by atomic mass is 10.2. The van der Waals surface area contributed by atoms with Crippen molar-refractivity contribution in [3.05, 3.63) is 63.6 Å². The number of carbonyl (C=O) groups is 1. The first-order valence-corrected chi connectivity index (χ1v) is 10.3. The number of hydrogen-bond acceptors (Lipinski definition) is 4. The van der Waals surface area contributed by atoms with Crippen LogP contribution in [0.1, 0.15) is 28.8 Å². The number of carbonyl (C=O) groups excluding carboxylic acids is 1. The van der Waals surface area contributed by atoms with Gasteiger partial charge in [-0.25, -0.2) is 13.2 Å². The zero-order valence-electron chi connectivity index (χ0n) is 13.8. The predicted molar refractivity (Wildman–Crippen MR) is 100 cm³/mol. The van der Waals surface area contributed by atoms with E-state index in [1.165, 1.54) is 22.5 Å². The Bertz CT molecular complexity index is 925. The van der Waals surface area contributed by atoms with E-state index in [-0.39, 0.29) is 22.1 Å². The average Bonchev–Trinajstić information content (AvgIpc) is 3.15. The molecule has 0 bridgehead atoms. The molecule has 0 N–H and O–H groups in total. The Morgan fingerprint density at radius 2 is 1.81 bits per heavy atom. The van der Waals surface area contributed by atoms with Crippen molar-refractivity contribution >= 4 is 39.2 Å². The van der Waals surface area contributed by atoms with Crippen molar-refractivity contribution in [3.8, 4) is 0 Å². The first-order chi connectivity index (χ1) is 12.4. The molecule has 1 saturated heterocycles. The zero-order valence-corrected chi connectivity index (χ0v) is 16.1. The van der Waals surface area contributed by atoms with Crippen LogP contribution in [0.25, 0.3) is 0 Å². The number of rotatable bonds is 5. The molecule has 3 rings (SSSR count). The summed E-state index contributed by atoms with van der Waals surface area (Å²) < 4.78 is 32.0. The second-order valence-electron chi connectivity index (χ2n) is 5.96. The lowest BCUT2D eigenvalue weighted by molar-refractivity contribution is 0.0472. The molecule has 2 aromatic rings. The van der Waals surface area contributed by atoms with Crippen LogP contribution < -0.4 is 0 Å². The topological polar surface area (TPSA) is 63.7 Å². The van der Waals surface area contributed by atoms with Gasteiger partial charge in [-0.1, -0.05) is 35.3 Å². The molecule has 8 heteroatoms. The minimum absolute atomic E-state index is 0.0127. The molecule has 2 aromatic carbocycles. The Hall–Kier alpha value is -1.60. The largest absolute Gasteiger partial charge is 0.457 e. The summed E-state index contributed by atoms with van der Waals surface area (Å²) in [6, 6.07) is 11.0. The standard InChI is InChI=1S/C18H17Cl2NO4S/c19-14-5-3-4-13(10-14)12-25-18(22)16-11-15(6-7-17(16)20)26(23,24)21-8-1-2-9-21/h3-7,10-11H,1-2,8-9,12H2. The molecule has 0 spiro atoms. The number of ether oxygens (including phenoxy) is 1. The normalized spacial score (nSPS) is 15.2. The Balaban J connectivity index is 1.79. The minimum atomic E-state index is -3.63. The van der Waals surface area contributed by atoms with Crippen LogP contribution in [0.3, 0.4) is 0 Å². The summed E-state index contributed by atoms with van der Waals surface area (Å²) in [4.78, 5) is 12.4. The van der Waals surface area contributed by atoms with Gasteiger partial charge in [0.2, 0.25) is 10.0 Å². The fourth-order valence-electron chi connectivity index (χ4n) is 2.75. The first kappa shape index (κ1) is 19.2. The highest BCUT2D eigenvalue weighted by molar-refractivity contribution is 7.89. The zero-order chi connectivity index (χ0) is 18.7. The van der Waals surface area contributed by atoms with Crippen LogP contribution in [-0.4, -0.2) is 31.8 Å². The first-order valence-electron chi connectivity index (χ1n) is 8.09. The molecular formula is C18H17Cl2NO4S. The van der Waals surface area contributed by atoms with Crippen molar-refractivity contribution in [2.75, 3.05) is 13.1 Å². The van der Waals surface area contributed by atoms with E-state index in [0.29, 0.717) is 18.1 Å². The van der Waals surface area contributed by atoms with Crippen molar-refractivity contribution in [3.63, 3.8) is 0 Å². The maximum absolute atomic E-state index is 12.7. The Labute approximate surface area is 162 Å². The average molecular weight is 414 g/mol. The Morgan fingerprint density at radius 3 is 2.50 bits per heavy atom. The maximum atomic E-state index is 12.7. The van der Waals surface area contributed by atoms with E-state index in [4.69, 9.17) is 27.9 Å². The number of esters is 1. The summed E-state index contributed by atoms with van der Waals surface area (Å²) in [5, 5.41) is 0.678. The number of benzene rings is 2. The smallest absolute Gasteiger partial charge is 0.340 e. The summed E-state index contributed by atoms with van der Waals surface area (Å²) in [6.07, 6.45) is 1.67. The molecule has 0 unspecified atom stereocenters. The highest BCUT2D eigenvalue weighted by Gasteiger charge is 2.28. The van der Waals surface area contributed by atoms with Gasteiger partial charge in [-0.05, 0) is 48.7 Å². The van der Waals surface area contributed by atoms with Crippen LogP contribution in [-0.2, 0) is 21.4 Å². The molecular weight excluding hydrogens is 397 g/mol. The Kier molecular flexibility index (Phi) is 5.87. The number of halogens is 2. The fraction of sp³-hybridized carbons (Fsp3) is 0.278. The number of nitrogens with zero attached hydrogens (tertiary/aromatic N) is 1. The van der Waals surface area contributed by atoms with Gasteiger partial charge in [0, 0.05) is 18.1 Å². The van der Waals surface area contributed by atoms with Gasteiger partial charge in [0.1, 0.15) is 6.61 Å². The fourth-order valence-corrected chi connectivity index (χ4v) is 4.70. The number of sulfonamides is 1. The van der Waals surface area contributed by atoms with Crippen molar-refractivity contribution in [1.29, 1.82) is 0 Å². The van der Waals surface area contributed by atoms with E-state index >= 15 is 0 Å². The van der Waals surface area contributed by atoms with Gasteiger partial charge in [0.25, 0.3) is 0 Å². The second-order valence-corrected chi connectivity index (χ2v) is 8.74. The third-order valence-corrected chi connectivity index (χ3v) is 6.58. The molecule has 26 heavy (non-hydrogen) atoms. The van der Waals surface area contributed by atoms with Gasteiger partial charge in [-0.15, -0.1) is 0 Å². The van der Waals surface area contributed by atoms with Gasteiger partial charge in [0.15, 0.2) is 0 Å². The molecule has 1 aliphatic heterocycles. The van der Waals surface area contributed by atoms with Gasteiger partial charge in [-0.2, -0.15) is 4.31 Å². The Morgan fingerprint density at radius 1 is 1.08 bits per heavy atom. The summed E-state index contributed by atoms with van der Waals surface area (Å²) in [5.74, 6) is -0.687. The quantitative estimate of drug-likeness (QED) is 0.690. The third kappa shape index (κ3) is 4.20. The van der Waals surface area contributed by atoms with Crippen LogP contribution in [0.4, 0.5) is 0 Å². The van der Waals surface area contributed by atoms with Crippen molar-refractivity contribution in [1.82, 2.24) is 4.31 Å². The molecule has 5 nitrogen and oxygen atoms in total. The summed E-state index contributed by atoms with van der Waals surface area (Å²) in [7, 11) is -3.63. The van der Waals surface area contributed by atoms with Crippen LogP contribution >= 0.6 is 23.2 Å². The lowest BCUT2D eigenvalue weighted by Crippen LogP contribution is -2.28. The van der Waals surface area contributed by atoms with Crippen LogP contribution in [0.15, 0.2) is 47.4 Å². The van der Waals surface area contributed by atoms with Gasteiger partial charge < -0.3 is 4.74 Å². The van der Waals surface area contributed by atoms with Crippen LogP contribution in [0.2, 0.25) is 10.0 Å². The highest BCUT2D eigenvalue weighted by Crippen LogP contribution is 2.26. The molecule has 0 aromatic heterocycles. The van der Waals surface area contributed by atoms with Crippen molar-refractivity contribution in [2.45, 2.75) is 24.3 Å². The summed E-state index contributed by atoms with van der Waals surface area (Å²) in [5.41, 5.74) is 0.747. The van der Waals surface area contributed by atoms with E-state index in [0.717, 1.165) is 18.4 Å². The van der Waals surface area contributed by atoms with Crippen LogP contribution in [0, 0.1) is 0 Å². The van der Waals surface area contributed by atoms with Crippen LogP contribution in [0.5, 0.6) is 0 Å². The predicted octanol–water partition coefficient (Wildman–Crippen LogP) is 4.13. The molecule has 0 saturated carbocycles. The molecule has 138 valence electrons. The molecule has 0 amide bonds. The van der Waals surface area contributed by atoms with E-state index < -0.39 is 16.0 Å². The summed E-state index contributed by atoms with van der Waals surface area (Å²) >= 11 is 12.0. The van der Waals surface area contributed by atoms with Gasteiger partial charge in [0.05, 0.1) is 15.5 Å².